The molecule has 0 spiro atoms. The van der Waals surface area contributed by atoms with Crippen molar-refractivity contribution < 1.29 is 18.0 Å². The van der Waals surface area contributed by atoms with Crippen molar-refractivity contribution in [1.29, 1.82) is 0 Å². The van der Waals surface area contributed by atoms with Crippen molar-refractivity contribution in [3.05, 3.63) is 78.1 Å². The second-order valence-corrected chi connectivity index (χ2v) is 5.74. The summed E-state index contributed by atoms with van der Waals surface area (Å²) in [6.45, 7) is 0. The van der Waals surface area contributed by atoms with Crippen LogP contribution in [0.1, 0.15) is 5.56 Å². The van der Waals surface area contributed by atoms with E-state index in [0.29, 0.717) is 11.1 Å². The topological polar surface area (TPSA) is 42.2 Å². The maximum atomic E-state index is 13.7. The number of hydrogen-bond donors (Lipinski definition) is 1. The highest BCUT2D eigenvalue weighted by Gasteiger charge is 2.16. The van der Waals surface area contributed by atoms with Crippen molar-refractivity contribution in [2.75, 3.05) is 5.32 Å². The van der Waals surface area contributed by atoms with Gasteiger partial charge in [0, 0.05) is 10.9 Å². The van der Waals surface area contributed by atoms with E-state index in [2.05, 4.69) is 5.32 Å². The van der Waals surface area contributed by atoms with Crippen LogP contribution in [0, 0.1) is 11.6 Å². The number of anilines is 1. The van der Waals surface area contributed by atoms with Crippen molar-refractivity contribution in [1.82, 2.24) is 0 Å². The van der Waals surface area contributed by atoms with Gasteiger partial charge in [-0.25, -0.2) is 8.78 Å². The molecule has 0 saturated heterocycles. The van der Waals surface area contributed by atoms with E-state index in [-0.39, 0.29) is 6.42 Å². The Labute approximate surface area is 141 Å². The van der Waals surface area contributed by atoms with Crippen LogP contribution in [0.2, 0.25) is 0 Å². The Hall–Kier alpha value is -3.21. The van der Waals surface area contributed by atoms with Crippen LogP contribution in [0.3, 0.4) is 0 Å². The van der Waals surface area contributed by atoms with Gasteiger partial charge in [-0.15, -0.1) is 0 Å². The van der Waals surface area contributed by atoms with Crippen molar-refractivity contribution in [2.24, 2.45) is 0 Å². The third-order valence-corrected chi connectivity index (χ3v) is 4.12. The predicted molar refractivity (Wildman–Crippen MR) is 92.4 cm³/mol. The highest BCUT2D eigenvalue weighted by atomic mass is 19.1. The van der Waals surface area contributed by atoms with Crippen LogP contribution in [0.5, 0.6) is 0 Å². The number of carbonyl (C=O) groups is 1. The van der Waals surface area contributed by atoms with Crippen LogP contribution in [-0.4, -0.2) is 5.91 Å². The maximum absolute atomic E-state index is 13.7. The molecule has 0 radical (unpaired) electrons. The molecule has 0 aliphatic carbocycles. The fourth-order valence-corrected chi connectivity index (χ4v) is 2.98. The zero-order chi connectivity index (χ0) is 17.4. The van der Waals surface area contributed by atoms with Gasteiger partial charge in [0.1, 0.15) is 22.9 Å². The number of benzene rings is 3. The molecule has 4 aromatic rings. The number of rotatable bonds is 3. The van der Waals surface area contributed by atoms with E-state index >= 15 is 0 Å². The molecular formula is C20H13F2NO2. The Balaban J connectivity index is 1.69. The summed E-state index contributed by atoms with van der Waals surface area (Å²) in [6, 6.07) is 15.0. The smallest absolute Gasteiger partial charge is 0.229 e. The van der Waals surface area contributed by atoms with Gasteiger partial charge in [-0.3, -0.25) is 4.79 Å². The first kappa shape index (κ1) is 15.3. The SMILES string of the molecule is O=C(Cc1coc2ccc3ccccc3c12)Nc1c(F)cccc1F. The average Bonchev–Trinajstić information content (AvgIpc) is 3.02. The number of para-hydroxylation sites is 1. The Morgan fingerprint density at radius 2 is 1.72 bits per heavy atom. The lowest BCUT2D eigenvalue weighted by Gasteiger charge is -2.07. The van der Waals surface area contributed by atoms with E-state index in [0.717, 1.165) is 28.3 Å². The quantitative estimate of drug-likeness (QED) is 0.569. The molecule has 1 amide bonds. The van der Waals surface area contributed by atoms with E-state index < -0.39 is 23.2 Å². The van der Waals surface area contributed by atoms with Gasteiger partial charge in [-0.05, 0) is 29.0 Å². The third-order valence-electron chi connectivity index (χ3n) is 4.12. The fraction of sp³-hybridized carbons (Fsp3) is 0.0500. The third kappa shape index (κ3) is 2.74. The molecule has 124 valence electrons. The minimum Gasteiger partial charge on any atom is -0.464 e. The van der Waals surface area contributed by atoms with Crippen molar-refractivity contribution >= 4 is 33.3 Å². The van der Waals surface area contributed by atoms with Crippen LogP contribution >= 0.6 is 0 Å². The van der Waals surface area contributed by atoms with E-state index in [1.807, 2.05) is 36.4 Å². The summed E-state index contributed by atoms with van der Waals surface area (Å²) in [5.74, 6) is -2.13. The second kappa shape index (κ2) is 6.02. The molecule has 25 heavy (non-hydrogen) atoms. The zero-order valence-electron chi connectivity index (χ0n) is 13.1. The molecule has 1 N–H and O–H groups in total. The Kier molecular flexibility index (Phi) is 3.69. The summed E-state index contributed by atoms with van der Waals surface area (Å²) in [6.07, 6.45) is 1.46. The molecular weight excluding hydrogens is 324 g/mol. The highest BCUT2D eigenvalue weighted by Crippen LogP contribution is 2.30. The Morgan fingerprint density at radius 1 is 0.960 bits per heavy atom. The van der Waals surface area contributed by atoms with Gasteiger partial charge in [-0.1, -0.05) is 36.4 Å². The number of halogens is 2. The van der Waals surface area contributed by atoms with Gasteiger partial charge in [0.2, 0.25) is 5.91 Å². The summed E-state index contributed by atoms with van der Waals surface area (Å²) in [5.41, 5.74) is 0.893. The summed E-state index contributed by atoms with van der Waals surface area (Å²) < 4.78 is 32.9. The van der Waals surface area contributed by atoms with Crippen molar-refractivity contribution in [3.63, 3.8) is 0 Å². The molecule has 3 nitrogen and oxygen atoms in total. The molecule has 0 saturated carbocycles. The molecule has 0 unspecified atom stereocenters. The molecule has 0 atom stereocenters. The first-order chi connectivity index (χ1) is 12.1. The lowest BCUT2D eigenvalue weighted by atomic mass is 10.0. The molecule has 1 heterocycles. The van der Waals surface area contributed by atoms with Gasteiger partial charge in [0.15, 0.2) is 0 Å². The minimum absolute atomic E-state index is 0.0468. The van der Waals surface area contributed by atoms with Crippen LogP contribution < -0.4 is 5.32 Å². The minimum atomic E-state index is -0.809. The molecule has 3 aromatic carbocycles. The Morgan fingerprint density at radius 3 is 2.52 bits per heavy atom. The number of furan rings is 1. The second-order valence-electron chi connectivity index (χ2n) is 5.74. The molecule has 1 aromatic heterocycles. The summed E-state index contributed by atoms with van der Waals surface area (Å²) in [7, 11) is 0. The number of amides is 1. The molecule has 4 rings (SSSR count). The summed E-state index contributed by atoms with van der Waals surface area (Å²) in [4.78, 5) is 12.3. The van der Waals surface area contributed by atoms with Crippen LogP contribution in [0.15, 0.2) is 65.3 Å². The van der Waals surface area contributed by atoms with E-state index in [1.54, 1.807) is 0 Å². The van der Waals surface area contributed by atoms with E-state index in [9.17, 15) is 13.6 Å². The van der Waals surface area contributed by atoms with Crippen molar-refractivity contribution in [3.8, 4) is 0 Å². The number of fused-ring (bicyclic) bond motifs is 3. The molecule has 0 bridgehead atoms. The predicted octanol–water partition coefficient (Wildman–Crippen LogP) is 5.05. The first-order valence-corrected chi connectivity index (χ1v) is 7.75. The fourth-order valence-electron chi connectivity index (χ4n) is 2.98. The van der Waals surface area contributed by atoms with Gasteiger partial charge in [-0.2, -0.15) is 0 Å². The number of nitrogens with one attached hydrogen (secondary N) is 1. The number of carbonyl (C=O) groups excluding carboxylic acids is 1. The standard InChI is InChI=1S/C20H13F2NO2/c21-15-6-3-7-16(22)20(15)23-18(24)10-13-11-25-17-9-8-12-4-1-2-5-14(12)19(13)17/h1-9,11H,10H2,(H,23,24). The van der Waals surface area contributed by atoms with Gasteiger partial charge >= 0.3 is 0 Å². The molecule has 0 fully saturated rings. The van der Waals surface area contributed by atoms with Crippen molar-refractivity contribution in [2.45, 2.75) is 6.42 Å². The lowest BCUT2D eigenvalue weighted by molar-refractivity contribution is -0.115. The van der Waals surface area contributed by atoms with Gasteiger partial charge in [0.25, 0.3) is 0 Å². The Bertz CT molecular complexity index is 1080. The zero-order valence-corrected chi connectivity index (χ0v) is 13.1. The van der Waals surface area contributed by atoms with Crippen LogP contribution in [-0.2, 0) is 11.2 Å². The number of hydrogen-bond acceptors (Lipinski definition) is 2. The van der Waals surface area contributed by atoms with Crippen LogP contribution in [0.4, 0.5) is 14.5 Å². The average molecular weight is 337 g/mol. The molecule has 5 heteroatoms. The normalized spacial score (nSPS) is 11.1. The molecule has 0 aliphatic heterocycles. The first-order valence-electron chi connectivity index (χ1n) is 7.75. The lowest BCUT2D eigenvalue weighted by Crippen LogP contribution is -2.16. The largest absolute Gasteiger partial charge is 0.464 e. The summed E-state index contributed by atoms with van der Waals surface area (Å²) >= 11 is 0. The molecule has 0 aliphatic rings. The van der Waals surface area contributed by atoms with Gasteiger partial charge < -0.3 is 9.73 Å². The maximum Gasteiger partial charge on any atom is 0.229 e. The highest BCUT2D eigenvalue weighted by molar-refractivity contribution is 6.09. The monoisotopic (exact) mass is 337 g/mol. The van der Waals surface area contributed by atoms with Gasteiger partial charge in [0.05, 0.1) is 12.7 Å². The van der Waals surface area contributed by atoms with Crippen LogP contribution in [0.25, 0.3) is 21.7 Å². The van der Waals surface area contributed by atoms with E-state index in [4.69, 9.17) is 4.42 Å². The van der Waals surface area contributed by atoms with E-state index in [1.165, 1.54) is 12.3 Å². The summed E-state index contributed by atoms with van der Waals surface area (Å²) in [5, 5.41) is 5.13.